The van der Waals surface area contributed by atoms with Crippen molar-refractivity contribution in [1.82, 2.24) is 0 Å². The lowest BCUT2D eigenvalue weighted by atomic mass is 10.2. The third-order valence-corrected chi connectivity index (χ3v) is 4.97. The van der Waals surface area contributed by atoms with E-state index in [-0.39, 0.29) is 17.0 Å². The number of thiazole rings is 1. The molecule has 84 valence electrons. The lowest BCUT2D eigenvalue weighted by Gasteiger charge is -1.95. The first-order valence-corrected chi connectivity index (χ1v) is 6.99. The summed E-state index contributed by atoms with van der Waals surface area (Å²) in [6, 6.07) is 8.06. The van der Waals surface area contributed by atoms with E-state index in [0.717, 1.165) is 11.6 Å². The van der Waals surface area contributed by atoms with Gasteiger partial charge in [-0.2, -0.15) is 4.57 Å². The second kappa shape index (κ2) is 5.08. The minimum absolute atomic E-state index is 0. The third kappa shape index (κ3) is 2.16. The Morgan fingerprint density at radius 3 is 2.69 bits per heavy atom. The van der Waals surface area contributed by atoms with Gasteiger partial charge in [0.15, 0.2) is 6.54 Å². The van der Waals surface area contributed by atoms with Gasteiger partial charge in [-0.25, -0.2) is 0 Å². The Morgan fingerprint density at radius 1 is 1.19 bits per heavy atom. The van der Waals surface area contributed by atoms with E-state index in [0.29, 0.717) is 0 Å². The minimum atomic E-state index is 0. The molecule has 0 aliphatic carbocycles. The number of fused-ring (bicyclic) bond motifs is 1. The van der Waals surface area contributed by atoms with Crippen LogP contribution < -0.4 is 21.5 Å². The monoisotopic (exact) mass is 333 g/mol. The lowest BCUT2D eigenvalue weighted by molar-refractivity contribution is -0.706. The number of hydrogen-bond acceptors (Lipinski definition) is 2. The first-order chi connectivity index (χ1) is 7.34. The minimum Gasteiger partial charge on any atom is -1.00 e. The van der Waals surface area contributed by atoms with Crippen LogP contribution in [-0.2, 0) is 6.54 Å². The molecule has 1 nitrogen and oxygen atoms in total. The van der Waals surface area contributed by atoms with Gasteiger partial charge in [0.25, 0.3) is 4.34 Å². The van der Waals surface area contributed by atoms with Crippen LogP contribution in [0.15, 0.2) is 34.0 Å². The molecule has 0 unspecified atom stereocenters. The number of halogens is 2. The molecular weight excluding hydrogens is 326 g/mol. The Balaban J connectivity index is 0.000000963. The molecule has 1 aliphatic heterocycles. The van der Waals surface area contributed by atoms with E-state index in [1.54, 1.807) is 0 Å². The van der Waals surface area contributed by atoms with E-state index in [2.05, 4.69) is 22.1 Å². The van der Waals surface area contributed by atoms with Gasteiger partial charge in [0.05, 0.1) is 11.1 Å². The van der Waals surface area contributed by atoms with Crippen LogP contribution in [0.25, 0.3) is 11.3 Å². The summed E-state index contributed by atoms with van der Waals surface area (Å²) in [5.41, 5.74) is 2.57. The van der Waals surface area contributed by atoms with E-state index in [1.165, 1.54) is 21.3 Å². The summed E-state index contributed by atoms with van der Waals surface area (Å²) in [5.74, 6) is 1.20. The summed E-state index contributed by atoms with van der Waals surface area (Å²) in [6.45, 7) is 1.13. The molecule has 0 N–H and O–H groups in total. The Bertz CT molecular complexity index is 495. The van der Waals surface area contributed by atoms with Gasteiger partial charge in [-0.3, -0.25) is 0 Å². The van der Waals surface area contributed by atoms with Gasteiger partial charge in [-0.15, -0.1) is 0 Å². The number of rotatable bonds is 1. The Morgan fingerprint density at radius 2 is 1.94 bits per heavy atom. The quantitative estimate of drug-likeness (QED) is 0.686. The molecule has 3 rings (SSSR count). The van der Waals surface area contributed by atoms with Crippen molar-refractivity contribution in [1.29, 1.82) is 0 Å². The molecule has 0 saturated carbocycles. The SMILES string of the molecule is Clc1ccc(-c2csc3[n+]2CCS3)cc1.[Br-]. The van der Waals surface area contributed by atoms with Gasteiger partial charge in [0.2, 0.25) is 5.69 Å². The van der Waals surface area contributed by atoms with Gasteiger partial charge >= 0.3 is 0 Å². The van der Waals surface area contributed by atoms with Crippen molar-refractivity contribution < 1.29 is 21.5 Å². The van der Waals surface area contributed by atoms with Crippen LogP contribution in [0.2, 0.25) is 5.02 Å². The number of hydrogen-bond donors (Lipinski definition) is 0. The smallest absolute Gasteiger partial charge is 0.298 e. The highest BCUT2D eigenvalue weighted by molar-refractivity contribution is 8.01. The number of thioether (sulfide) groups is 1. The van der Waals surface area contributed by atoms with Gasteiger partial charge < -0.3 is 17.0 Å². The molecular formula is C11H9BrClNS2. The van der Waals surface area contributed by atoms with Crippen molar-refractivity contribution in [3.8, 4) is 11.3 Å². The van der Waals surface area contributed by atoms with Crippen molar-refractivity contribution in [2.45, 2.75) is 10.9 Å². The van der Waals surface area contributed by atoms with Crippen LogP contribution in [0.3, 0.4) is 0 Å². The van der Waals surface area contributed by atoms with E-state index in [1.807, 2.05) is 35.2 Å². The Kier molecular flexibility index (Phi) is 3.95. The molecule has 0 spiro atoms. The van der Waals surface area contributed by atoms with Crippen LogP contribution in [0.1, 0.15) is 0 Å². The van der Waals surface area contributed by atoms with Crippen LogP contribution >= 0.6 is 34.7 Å². The summed E-state index contributed by atoms with van der Waals surface area (Å²) in [5, 5.41) is 3.02. The van der Waals surface area contributed by atoms with Crippen LogP contribution in [0.4, 0.5) is 0 Å². The van der Waals surface area contributed by atoms with E-state index in [4.69, 9.17) is 11.6 Å². The zero-order chi connectivity index (χ0) is 10.3. The van der Waals surface area contributed by atoms with Crippen molar-refractivity contribution in [3.63, 3.8) is 0 Å². The predicted molar refractivity (Wildman–Crippen MR) is 65.7 cm³/mol. The second-order valence-electron chi connectivity index (χ2n) is 3.39. The third-order valence-electron chi connectivity index (χ3n) is 2.46. The van der Waals surface area contributed by atoms with Crippen LogP contribution in [0.5, 0.6) is 0 Å². The molecule has 1 aromatic heterocycles. The topological polar surface area (TPSA) is 3.88 Å². The first-order valence-electron chi connectivity index (χ1n) is 4.75. The maximum absolute atomic E-state index is 5.88. The molecule has 2 heterocycles. The summed E-state index contributed by atoms with van der Waals surface area (Å²) in [6.07, 6.45) is 0. The van der Waals surface area contributed by atoms with Crippen LogP contribution in [0, 0.1) is 0 Å². The maximum Gasteiger partial charge on any atom is 0.298 e. The van der Waals surface area contributed by atoms with E-state index >= 15 is 0 Å². The van der Waals surface area contributed by atoms with E-state index < -0.39 is 0 Å². The fraction of sp³-hybridized carbons (Fsp3) is 0.182. The largest absolute Gasteiger partial charge is 1.00 e. The molecule has 1 aliphatic rings. The molecule has 0 atom stereocenters. The van der Waals surface area contributed by atoms with Crippen molar-refractivity contribution >= 4 is 34.7 Å². The lowest BCUT2D eigenvalue weighted by Crippen LogP contribution is -3.00. The highest BCUT2D eigenvalue weighted by atomic mass is 79.9. The molecule has 0 bridgehead atoms. The van der Waals surface area contributed by atoms with Gasteiger partial charge in [0, 0.05) is 10.6 Å². The highest BCUT2D eigenvalue weighted by Gasteiger charge is 2.27. The van der Waals surface area contributed by atoms with Crippen LogP contribution in [-0.4, -0.2) is 5.75 Å². The molecule has 0 amide bonds. The predicted octanol–water partition coefficient (Wildman–Crippen LogP) is 0.466. The fourth-order valence-corrected chi connectivity index (χ4v) is 4.10. The molecule has 2 aromatic rings. The Hall–Kier alpha value is -0.0300. The van der Waals surface area contributed by atoms with Gasteiger partial charge in [0.1, 0.15) is 0 Å². The zero-order valence-electron chi connectivity index (χ0n) is 8.32. The van der Waals surface area contributed by atoms with Crippen molar-refractivity contribution in [2.24, 2.45) is 0 Å². The standard InChI is InChI=1S/C11H9ClNS2.BrH/c12-9-3-1-8(2-4-9)10-7-15-11-13(10)5-6-14-11;/h1-4,7H,5-6H2;1H/q+1;/p-1. The fourth-order valence-electron chi connectivity index (χ4n) is 1.72. The van der Waals surface area contributed by atoms with Crippen molar-refractivity contribution in [3.05, 3.63) is 34.7 Å². The highest BCUT2D eigenvalue weighted by Crippen LogP contribution is 2.30. The summed E-state index contributed by atoms with van der Waals surface area (Å²) >= 11 is 9.65. The summed E-state index contributed by atoms with van der Waals surface area (Å²) < 4.78 is 3.80. The number of benzene rings is 1. The maximum atomic E-state index is 5.88. The average molecular weight is 335 g/mol. The molecule has 16 heavy (non-hydrogen) atoms. The molecule has 1 aromatic carbocycles. The molecule has 5 heteroatoms. The molecule has 0 fully saturated rings. The second-order valence-corrected chi connectivity index (χ2v) is 6.03. The average Bonchev–Trinajstić information content (AvgIpc) is 2.80. The van der Waals surface area contributed by atoms with Gasteiger partial charge in [-0.05, 0) is 36.0 Å². The van der Waals surface area contributed by atoms with Crippen molar-refractivity contribution in [2.75, 3.05) is 5.75 Å². The number of nitrogens with zero attached hydrogens (tertiary/aromatic N) is 1. The molecule has 0 saturated heterocycles. The number of aromatic nitrogens is 1. The first kappa shape index (κ1) is 12.4. The van der Waals surface area contributed by atoms with Gasteiger partial charge in [-0.1, -0.05) is 22.9 Å². The summed E-state index contributed by atoms with van der Waals surface area (Å²) in [7, 11) is 0. The Labute approximate surface area is 118 Å². The normalized spacial score (nSPS) is 13.3. The zero-order valence-corrected chi connectivity index (χ0v) is 12.3. The summed E-state index contributed by atoms with van der Waals surface area (Å²) in [4.78, 5) is 0. The van der Waals surface area contributed by atoms with E-state index in [9.17, 15) is 0 Å². The molecule has 0 radical (unpaired) electrons.